The van der Waals surface area contributed by atoms with Gasteiger partial charge in [0.1, 0.15) is 0 Å². The molecule has 2 N–H and O–H groups in total. The lowest BCUT2D eigenvalue weighted by atomic mass is 9.98. The number of carbonyl (C=O) groups is 1. The van der Waals surface area contributed by atoms with Crippen LogP contribution in [0.4, 0.5) is 0 Å². The first-order valence-corrected chi connectivity index (χ1v) is 5.63. The molecule has 0 fully saturated rings. The number of hydrogen-bond donors (Lipinski definition) is 2. The number of hydrogen-bond acceptors (Lipinski definition) is 3. The van der Waals surface area contributed by atoms with Gasteiger partial charge < -0.3 is 5.11 Å². The second-order valence-corrected chi connectivity index (χ2v) is 4.15. The van der Waals surface area contributed by atoms with Crippen LogP contribution in [0.25, 0.3) is 0 Å². The van der Waals surface area contributed by atoms with E-state index in [-0.39, 0.29) is 0 Å². The third-order valence-electron chi connectivity index (χ3n) is 2.66. The molecule has 0 aromatic carbocycles. The molecule has 1 atom stereocenters. The van der Waals surface area contributed by atoms with Crippen LogP contribution in [0.1, 0.15) is 58.8 Å². The highest BCUT2D eigenvalue weighted by Crippen LogP contribution is 2.19. The number of carboxylic acid groups (broad SMARTS) is 1. The Balaban J connectivity index is 3.60. The van der Waals surface area contributed by atoms with Crippen LogP contribution >= 0.6 is 0 Å². The maximum absolute atomic E-state index is 10.7. The first-order valence-electron chi connectivity index (χ1n) is 5.63. The summed E-state index contributed by atoms with van der Waals surface area (Å²) in [6.07, 6.45) is 6.86. The SMILES string of the molecule is CCCCCCCCC(C)(OO)C(=O)O. The Hall–Kier alpha value is -0.610. The summed E-state index contributed by atoms with van der Waals surface area (Å²) < 4.78 is 0. The van der Waals surface area contributed by atoms with Gasteiger partial charge in [-0.3, -0.25) is 5.26 Å². The van der Waals surface area contributed by atoms with Crippen molar-refractivity contribution >= 4 is 5.97 Å². The predicted octanol–water partition coefficient (Wildman–Crippen LogP) is 3.07. The zero-order valence-electron chi connectivity index (χ0n) is 9.66. The van der Waals surface area contributed by atoms with E-state index in [1.807, 2.05) is 0 Å². The van der Waals surface area contributed by atoms with Crippen LogP contribution in [-0.4, -0.2) is 21.9 Å². The van der Waals surface area contributed by atoms with Gasteiger partial charge in [-0.05, 0) is 19.8 Å². The third-order valence-corrected chi connectivity index (χ3v) is 2.66. The molecule has 4 nitrogen and oxygen atoms in total. The molecule has 0 bridgehead atoms. The second-order valence-electron chi connectivity index (χ2n) is 4.15. The Labute approximate surface area is 91.2 Å². The van der Waals surface area contributed by atoms with Crippen molar-refractivity contribution in [1.29, 1.82) is 0 Å². The highest BCUT2D eigenvalue weighted by Gasteiger charge is 2.34. The predicted molar refractivity (Wildman–Crippen MR) is 57.7 cm³/mol. The number of rotatable bonds is 9. The van der Waals surface area contributed by atoms with Crippen molar-refractivity contribution < 1.29 is 20.0 Å². The molecular formula is C11H22O4. The molecule has 4 heteroatoms. The average molecular weight is 218 g/mol. The fourth-order valence-electron chi connectivity index (χ4n) is 1.43. The standard InChI is InChI=1S/C11H22O4/c1-3-4-5-6-7-8-9-11(2,15-14)10(12)13/h14H,3-9H2,1-2H3,(H,12,13). The van der Waals surface area contributed by atoms with Gasteiger partial charge in [-0.1, -0.05) is 39.0 Å². The Morgan fingerprint density at radius 2 is 1.73 bits per heavy atom. The molecule has 0 spiro atoms. The van der Waals surface area contributed by atoms with E-state index in [9.17, 15) is 4.79 Å². The Kier molecular flexibility index (Phi) is 7.34. The van der Waals surface area contributed by atoms with Crippen LogP contribution in [0.2, 0.25) is 0 Å². The van der Waals surface area contributed by atoms with Gasteiger partial charge in [0.15, 0.2) is 5.60 Å². The van der Waals surface area contributed by atoms with E-state index in [2.05, 4.69) is 11.8 Å². The molecule has 0 rings (SSSR count). The minimum Gasteiger partial charge on any atom is -0.479 e. The molecule has 0 aliphatic carbocycles. The summed E-state index contributed by atoms with van der Waals surface area (Å²) in [5, 5.41) is 17.3. The summed E-state index contributed by atoms with van der Waals surface area (Å²) in [5.74, 6) is -1.11. The first kappa shape index (κ1) is 14.4. The van der Waals surface area contributed by atoms with E-state index < -0.39 is 11.6 Å². The van der Waals surface area contributed by atoms with E-state index in [4.69, 9.17) is 10.4 Å². The van der Waals surface area contributed by atoms with Crippen LogP contribution in [-0.2, 0) is 9.68 Å². The highest BCUT2D eigenvalue weighted by atomic mass is 17.1. The Morgan fingerprint density at radius 1 is 1.20 bits per heavy atom. The van der Waals surface area contributed by atoms with E-state index in [1.165, 1.54) is 26.2 Å². The fourth-order valence-corrected chi connectivity index (χ4v) is 1.43. The van der Waals surface area contributed by atoms with Gasteiger partial charge in [0, 0.05) is 0 Å². The van der Waals surface area contributed by atoms with Crippen LogP contribution in [0.5, 0.6) is 0 Å². The largest absolute Gasteiger partial charge is 0.479 e. The molecule has 15 heavy (non-hydrogen) atoms. The normalized spacial score (nSPS) is 14.9. The number of aliphatic carboxylic acids is 1. The minimum atomic E-state index is -1.44. The summed E-state index contributed by atoms with van der Waals surface area (Å²) in [6, 6.07) is 0. The Morgan fingerprint density at radius 3 is 2.20 bits per heavy atom. The van der Waals surface area contributed by atoms with Gasteiger partial charge in [-0.2, -0.15) is 0 Å². The van der Waals surface area contributed by atoms with Gasteiger partial charge >= 0.3 is 5.97 Å². The molecule has 0 heterocycles. The topological polar surface area (TPSA) is 66.8 Å². The molecule has 0 saturated heterocycles. The molecule has 0 saturated carbocycles. The second kappa shape index (κ2) is 7.65. The van der Waals surface area contributed by atoms with E-state index in [1.54, 1.807) is 0 Å². The monoisotopic (exact) mass is 218 g/mol. The van der Waals surface area contributed by atoms with E-state index >= 15 is 0 Å². The summed E-state index contributed by atoms with van der Waals surface area (Å²) in [6.45, 7) is 3.54. The van der Waals surface area contributed by atoms with Crippen molar-refractivity contribution in [3.8, 4) is 0 Å². The third kappa shape index (κ3) is 5.74. The molecule has 0 amide bonds. The lowest BCUT2D eigenvalue weighted by Gasteiger charge is -2.20. The van der Waals surface area contributed by atoms with Gasteiger partial charge in [0.05, 0.1) is 0 Å². The van der Waals surface area contributed by atoms with Crippen molar-refractivity contribution in [2.75, 3.05) is 0 Å². The van der Waals surface area contributed by atoms with Gasteiger partial charge in [0.25, 0.3) is 0 Å². The molecule has 0 aliphatic rings. The van der Waals surface area contributed by atoms with Crippen molar-refractivity contribution in [1.82, 2.24) is 0 Å². The maximum Gasteiger partial charge on any atom is 0.339 e. The quantitative estimate of drug-likeness (QED) is 0.354. The first-order chi connectivity index (χ1) is 7.06. The summed E-state index contributed by atoms with van der Waals surface area (Å²) in [7, 11) is 0. The lowest BCUT2D eigenvalue weighted by Crippen LogP contribution is -2.37. The van der Waals surface area contributed by atoms with Crippen LogP contribution < -0.4 is 0 Å². The molecule has 0 aromatic rings. The molecular weight excluding hydrogens is 196 g/mol. The van der Waals surface area contributed by atoms with Gasteiger partial charge in [0.2, 0.25) is 0 Å². The van der Waals surface area contributed by atoms with Gasteiger partial charge in [-0.25, -0.2) is 9.68 Å². The lowest BCUT2D eigenvalue weighted by molar-refractivity contribution is -0.313. The minimum absolute atomic E-state index is 0.352. The zero-order valence-corrected chi connectivity index (χ0v) is 9.66. The van der Waals surface area contributed by atoms with Crippen molar-refractivity contribution in [3.05, 3.63) is 0 Å². The molecule has 0 aromatic heterocycles. The van der Waals surface area contributed by atoms with Crippen molar-refractivity contribution in [2.45, 2.75) is 64.4 Å². The van der Waals surface area contributed by atoms with Crippen molar-refractivity contribution in [2.24, 2.45) is 0 Å². The maximum atomic E-state index is 10.7. The zero-order chi connectivity index (χ0) is 11.7. The molecule has 90 valence electrons. The van der Waals surface area contributed by atoms with E-state index in [0.29, 0.717) is 6.42 Å². The summed E-state index contributed by atoms with van der Waals surface area (Å²) in [4.78, 5) is 14.8. The molecule has 0 aliphatic heterocycles. The molecule has 0 radical (unpaired) electrons. The number of unbranched alkanes of at least 4 members (excludes halogenated alkanes) is 5. The number of carboxylic acids is 1. The highest BCUT2D eigenvalue weighted by molar-refractivity contribution is 5.76. The van der Waals surface area contributed by atoms with Gasteiger partial charge in [-0.15, -0.1) is 0 Å². The van der Waals surface area contributed by atoms with Crippen LogP contribution in [0.3, 0.4) is 0 Å². The van der Waals surface area contributed by atoms with E-state index in [0.717, 1.165) is 19.3 Å². The van der Waals surface area contributed by atoms with Crippen LogP contribution in [0.15, 0.2) is 0 Å². The average Bonchev–Trinajstić information content (AvgIpc) is 2.22. The summed E-state index contributed by atoms with van der Waals surface area (Å²) >= 11 is 0. The van der Waals surface area contributed by atoms with Crippen molar-refractivity contribution in [3.63, 3.8) is 0 Å². The smallest absolute Gasteiger partial charge is 0.339 e. The van der Waals surface area contributed by atoms with Crippen LogP contribution in [0, 0.1) is 0 Å². The fraction of sp³-hybridized carbons (Fsp3) is 0.909. The summed E-state index contributed by atoms with van der Waals surface area (Å²) in [5.41, 5.74) is -1.44. The Bertz CT molecular complexity index is 181. The molecule has 1 unspecified atom stereocenters.